The van der Waals surface area contributed by atoms with Crippen LogP contribution in [-0.4, -0.2) is 47.5 Å². The Balaban J connectivity index is 1.39. The molecule has 8 heteroatoms. The number of hydrogen-bond donors (Lipinski definition) is 2. The number of benzene rings is 2. The quantitative estimate of drug-likeness (QED) is 0.347. The lowest BCUT2D eigenvalue weighted by atomic mass is 9.88. The highest BCUT2D eigenvalue weighted by Crippen LogP contribution is 2.29. The topological polar surface area (TPSA) is 101 Å². The van der Waals surface area contributed by atoms with Gasteiger partial charge in [-0.3, -0.25) is 14.6 Å². The van der Waals surface area contributed by atoms with Crippen LogP contribution in [-0.2, 0) is 0 Å². The van der Waals surface area contributed by atoms with E-state index in [1.54, 1.807) is 31.3 Å². The van der Waals surface area contributed by atoms with E-state index in [2.05, 4.69) is 39.6 Å². The van der Waals surface area contributed by atoms with Crippen molar-refractivity contribution in [1.82, 2.24) is 9.88 Å². The number of rotatable bonds is 6. The van der Waals surface area contributed by atoms with Crippen molar-refractivity contribution in [3.8, 4) is 0 Å². The Morgan fingerprint density at radius 2 is 1.73 bits per heavy atom. The Hall–Kier alpha value is -3.97. The first-order valence-corrected chi connectivity index (χ1v) is 12.6. The van der Waals surface area contributed by atoms with Gasteiger partial charge in [0, 0.05) is 37.6 Å². The molecule has 0 radical (unpaired) electrons. The van der Waals surface area contributed by atoms with Crippen molar-refractivity contribution in [2.45, 2.75) is 25.7 Å². The molecular formula is C29H30ClN5O2. The minimum Gasteiger partial charge on any atom is -0.405 e. The SMILES string of the molecule is CN=C(C=CN)c1ccc(C2CCN(C(=O)c3ccc(C)c(NC(=O)c4ccc(Cl)nc4)c3)CC2)cc1. The number of anilines is 1. The number of carbonyl (C=O) groups excluding carboxylic acids is 2. The number of aliphatic imine (C=N–C) groups is 1. The number of amides is 2. The number of allylic oxidation sites excluding steroid dienone is 1. The maximum Gasteiger partial charge on any atom is 0.257 e. The Morgan fingerprint density at radius 3 is 2.35 bits per heavy atom. The van der Waals surface area contributed by atoms with E-state index in [1.165, 1.54) is 18.0 Å². The van der Waals surface area contributed by atoms with Gasteiger partial charge in [0.15, 0.2) is 0 Å². The molecule has 3 aromatic rings. The van der Waals surface area contributed by atoms with Crippen molar-refractivity contribution in [3.63, 3.8) is 0 Å². The Morgan fingerprint density at radius 1 is 1.05 bits per heavy atom. The monoisotopic (exact) mass is 515 g/mol. The van der Waals surface area contributed by atoms with Crippen LogP contribution in [0.4, 0.5) is 5.69 Å². The molecule has 1 aliphatic rings. The summed E-state index contributed by atoms with van der Waals surface area (Å²) in [6.45, 7) is 3.24. The number of nitrogens with two attached hydrogens (primary N) is 1. The van der Waals surface area contributed by atoms with E-state index in [9.17, 15) is 9.59 Å². The molecule has 1 fully saturated rings. The van der Waals surface area contributed by atoms with Crippen LogP contribution in [0.1, 0.15) is 56.2 Å². The van der Waals surface area contributed by atoms with Crippen molar-refractivity contribution in [2.75, 3.05) is 25.5 Å². The predicted octanol–water partition coefficient (Wildman–Crippen LogP) is 5.21. The van der Waals surface area contributed by atoms with Crippen LogP contribution in [0.2, 0.25) is 5.15 Å². The molecule has 4 rings (SSSR count). The number of halogens is 1. The summed E-state index contributed by atoms with van der Waals surface area (Å²) in [5.41, 5.74) is 11.1. The minimum absolute atomic E-state index is 0.0326. The Bertz CT molecular complexity index is 1330. The van der Waals surface area contributed by atoms with E-state index in [-0.39, 0.29) is 11.8 Å². The molecule has 37 heavy (non-hydrogen) atoms. The van der Waals surface area contributed by atoms with Crippen LogP contribution in [0.5, 0.6) is 0 Å². The number of hydrogen-bond acceptors (Lipinski definition) is 5. The molecule has 1 aromatic heterocycles. The van der Waals surface area contributed by atoms with Crippen LogP contribution >= 0.6 is 11.6 Å². The summed E-state index contributed by atoms with van der Waals surface area (Å²) >= 11 is 5.81. The fourth-order valence-corrected chi connectivity index (χ4v) is 4.62. The summed E-state index contributed by atoms with van der Waals surface area (Å²) in [7, 11) is 1.75. The summed E-state index contributed by atoms with van der Waals surface area (Å²) in [6.07, 6.45) is 6.48. The van der Waals surface area contributed by atoms with Gasteiger partial charge in [-0.05, 0) is 78.9 Å². The van der Waals surface area contributed by atoms with Crippen molar-refractivity contribution in [1.29, 1.82) is 0 Å². The summed E-state index contributed by atoms with van der Waals surface area (Å²) < 4.78 is 0. The third-order valence-corrected chi connectivity index (χ3v) is 6.90. The molecule has 2 aromatic carbocycles. The van der Waals surface area contributed by atoms with Gasteiger partial charge in [-0.15, -0.1) is 0 Å². The standard InChI is InChI=1S/C29H30ClN5O2/c1-19-3-4-23(17-26(19)34-28(36)24-9-10-27(30)33-18-24)29(37)35-15-12-21(13-16-35)20-5-7-22(8-6-20)25(32-2)11-14-31/h3-11,14,17-18,21H,12-13,15-16,31H2,1-2H3,(H,34,36). The highest BCUT2D eigenvalue weighted by molar-refractivity contribution is 6.29. The van der Waals surface area contributed by atoms with Crippen LogP contribution < -0.4 is 11.1 Å². The molecule has 7 nitrogen and oxygen atoms in total. The van der Waals surface area contributed by atoms with Gasteiger partial charge in [0.1, 0.15) is 5.15 Å². The number of likely N-dealkylation sites (tertiary alicyclic amines) is 1. The van der Waals surface area contributed by atoms with Gasteiger partial charge in [-0.1, -0.05) is 41.9 Å². The maximum atomic E-state index is 13.3. The van der Waals surface area contributed by atoms with Gasteiger partial charge >= 0.3 is 0 Å². The second-order valence-electron chi connectivity index (χ2n) is 9.01. The first-order valence-electron chi connectivity index (χ1n) is 12.2. The number of aryl methyl sites for hydroxylation is 1. The first kappa shape index (κ1) is 26.1. The summed E-state index contributed by atoms with van der Waals surface area (Å²) in [5, 5.41) is 3.21. The zero-order valence-electron chi connectivity index (χ0n) is 20.9. The molecule has 0 unspecified atom stereocenters. The lowest BCUT2D eigenvalue weighted by molar-refractivity contribution is 0.0712. The molecule has 0 atom stereocenters. The molecule has 3 N–H and O–H groups in total. The third-order valence-electron chi connectivity index (χ3n) is 6.68. The van der Waals surface area contributed by atoms with Crippen LogP contribution in [0.25, 0.3) is 0 Å². The number of pyridine rings is 1. The molecule has 2 amide bonds. The van der Waals surface area contributed by atoms with Gasteiger partial charge in [0.25, 0.3) is 11.8 Å². The van der Waals surface area contributed by atoms with E-state index >= 15 is 0 Å². The van der Waals surface area contributed by atoms with E-state index in [0.29, 0.717) is 41.0 Å². The van der Waals surface area contributed by atoms with E-state index in [1.807, 2.05) is 24.0 Å². The second kappa shape index (κ2) is 11.8. The molecule has 0 spiro atoms. The molecule has 190 valence electrons. The fraction of sp³-hybridized carbons (Fsp3) is 0.241. The average molecular weight is 516 g/mol. The van der Waals surface area contributed by atoms with Crippen molar-refractivity contribution < 1.29 is 9.59 Å². The number of nitrogens with zero attached hydrogens (tertiary/aromatic N) is 3. The number of carbonyl (C=O) groups is 2. The predicted molar refractivity (Wildman–Crippen MR) is 148 cm³/mol. The number of aromatic nitrogens is 1. The van der Waals surface area contributed by atoms with Gasteiger partial charge in [0.2, 0.25) is 0 Å². The van der Waals surface area contributed by atoms with Crippen LogP contribution in [0, 0.1) is 6.92 Å². The third kappa shape index (κ3) is 6.24. The second-order valence-corrected chi connectivity index (χ2v) is 9.40. The molecule has 0 bridgehead atoms. The highest BCUT2D eigenvalue weighted by Gasteiger charge is 2.25. The zero-order valence-corrected chi connectivity index (χ0v) is 21.7. The molecule has 2 heterocycles. The zero-order chi connectivity index (χ0) is 26.4. The summed E-state index contributed by atoms with van der Waals surface area (Å²) in [6, 6.07) is 17.0. The van der Waals surface area contributed by atoms with Crippen molar-refractivity contribution in [3.05, 3.63) is 106 Å². The number of nitrogens with one attached hydrogen (secondary N) is 1. The average Bonchev–Trinajstić information content (AvgIpc) is 2.93. The lowest BCUT2D eigenvalue weighted by Gasteiger charge is -2.32. The Labute approximate surface area is 222 Å². The van der Waals surface area contributed by atoms with E-state index in [0.717, 1.165) is 29.7 Å². The summed E-state index contributed by atoms with van der Waals surface area (Å²) in [4.78, 5) is 36.0. The van der Waals surface area contributed by atoms with Crippen molar-refractivity contribution >= 4 is 34.8 Å². The van der Waals surface area contributed by atoms with Gasteiger partial charge < -0.3 is 16.0 Å². The fourth-order valence-electron chi connectivity index (χ4n) is 4.51. The molecule has 1 saturated heterocycles. The molecular weight excluding hydrogens is 486 g/mol. The van der Waals surface area contributed by atoms with E-state index in [4.69, 9.17) is 17.3 Å². The lowest BCUT2D eigenvalue weighted by Crippen LogP contribution is -2.38. The van der Waals surface area contributed by atoms with E-state index < -0.39 is 0 Å². The van der Waals surface area contributed by atoms with Crippen LogP contribution in [0.3, 0.4) is 0 Å². The summed E-state index contributed by atoms with van der Waals surface area (Å²) in [5.74, 6) is 0.0564. The normalized spacial score (nSPS) is 14.7. The first-order chi connectivity index (χ1) is 17.9. The largest absolute Gasteiger partial charge is 0.405 e. The molecule has 0 aliphatic carbocycles. The van der Waals surface area contributed by atoms with Gasteiger partial charge in [-0.2, -0.15) is 0 Å². The van der Waals surface area contributed by atoms with Gasteiger partial charge in [0.05, 0.1) is 11.3 Å². The number of piperidine rings is 1. The highest BCUT2D eigenvalue weighted by atomic mass is 35.5. The molecule has 1 aliphatic heterocycles. The smallest absolute Gasteiger partial charge is 0.257 e. The molecule has 0 saturated carbocycles. The van der Waals surface area contributed by atoms with Crippen LogP contribution in [0.15, 0.2) is 78.1 Å². The van der Waals surface area contributed by atoms with Gasteiger partial charge in [-0.25, -0.2) is 4.98 Å². The van der Waals surface area contributed by atoms with Crippen molar-refractivity contribution in [2.24, 2.45) is 10.7 Å². The maximum absolute atomic E-state index is 13.3. The Kier molecular flexibility index (Phi) is 8.36. The minimum atomic E-state index is -0.305.